The lowest BCUT2D eigenvalue weighted by molar-refractivity contribution is -0.380. The van der Waals surface area contributed by atoms with Gasteiger partial charge >= 0.3 is 23.9 Å². The highest BCUT2D eigenvalue weighted by atomic mass is 16.8. The average molecular weight is 1370 g/mol. The van der Waals surface area contributed by atoms with Crippen molar-refractivity contribution in [3.8, 4) is 17.2 Å². The zero-order chi connectivity index (χ0) is 70.3. The minimum Gasteiger partial charge on any atom is -0.493 e. The van der Waals surface area contributed by atoms with Crippen LogP contribution in [-0.4, -0.2) is 255 Å². The summed E-state index contributed by atoms with van der Waals surface area (Å²) < 4.78 is 78.2. The number of ether oxygens (including phenoxy) is 13. The van der Waals surface area contributed by atoms with E-state index in [-0.39, 0.29) is 56.0 Å². The maximum Gasteiger partial charge on any atom is 0.331 e. The molecule has 540 valence electrons. The third-order valence-corrected chi connectivity index (χ3v) is 23.6. The van der Waals surface area contributed by atoms with Crippen LogP contribution in [0.3, 0.4) is 0 Å². The summed E-state index contributed by atoms with van der Waals surface area (Å²) in [6, 6.07) is 3.14. The smallest absolute Gasteiger partial charge is 0.331 e. The first-order valence-electron chi connectivity index (χ1n) is 33.1. The van der Waals surface area contributed by atoms with Crippen LogP contribution in [-0.2, 0) is 66.5 Å². The Balaban J connectivity index is 1.01. The number of carbonyl (C=O) groups excluding carboxylic acids is 3. The summed E-state index contributed by atoms with van der Waals surface area (Å²) >= 11 is 0. The van der Waals surface area contributed by atoms with Crippen LogP contribution in [0, 0.1) is 50.2 Å². The van der Waals surface area contributed by atoms with Gasteiger partial charge < -0.3 is 123 Å². The maximum atomic E-state index is 16.2. The van der Waals surface area contributed by atoms with Gasteiger partial charge in [0.25, 0.3) is 0 Å². The average Bonchev–Trinajstić information content (AvgIpc) is 0.666. The second-order valence-corrected chi connectivity index (χ2v) is 29.4. The number of hydrogen-bond donors (Lipinski definition) is 12. The van der Waals surface area contributed by atoms with E-state index in [1.807, 2.05) is 6.92 Å². The number of esters is 3. The number of carboxylic acid groups (broad SMARTS) is 1. The number of allylic oxidation sites excluding steroid dienone is 1. The molecule has 0 aromatic heterocycles. The second-order valence-electron chi connectivity index (χ2n) is 29.4. The molecule has 12 N–H and O–H groups in total. The quantitative estimate of drug-likeness (QED) is 0.0313. The Morgan fingerprint density at radius 1 is 0.625 bits per heavy atom. The monoisotopic (exact) mass is 1370 g/mol. The van der Waals surface area contributed by atoms with Gasteiger partial charge in [0.1, 0.15) is 67.1 Å². The van der Waals surface area contributed by atoms with Gasteiger partial charge in [0.2, 0.25) is 12.0 Å². The Morgan fingerprint density at radius 3 is 1.89 bits per heavy atom. The van der Waals surface area contributed by atoms with Gasteiger partial charge in [-0.2, -0.15) is 0 Å². The molecule has 10 rings (SSSR count). The topological polar surface area (TPSA) is 431 Å². The lowest BCUT2D eigenvalue weighted by Crippen LogP contribution is -2.71. The first kappa shape index (κ1) is 74.0. The van der Waals surface area contributed by atoms with Crippen LogP contribution in [0.1, 0.15) is 119 Å². The number of fused-ring (bicyclic) bond motifs is 7. The summed E-state index contributed by atoms with van der Waals surface area (Å²) in [4.78, 5) is 56.8. The zero-order valence-corrected chi connectivity index (χ0v) is 56.0. The van der Waals surface area contributed by atoms with Gasteiger partial charge in [0.15, 0.2) is 48.7 Å². The summed E-state index contributed by atoms with van der Waals surface area (Å²) in [6.45, 7) is 12.0. The number of benzene rings is 1. The van der Waals surface area contributed by atoms with Gasteiger partial charge in [-0.3, -0.25) is 14.4 Å². The molecule has 29 heteroatoms. The molecule has 1 aromatic rings. The molecule has 8 fully saturated rings. The van der Waals surface area contributed by atoms with Gasteiger partial charge in [-0.1, -0.05) is 39.3 Å². The molecule has 4 saturated carbocycles. The lowest BCUT2D eigenvalue weighted by atomic mass is 9.33. The Labute approximate surface area is 556 Å². The minimum absolute atomic E-state index is 0.000973. The van der Waals surface area contributed by atoms with Crippen molar-refractivity contribution in [3.63, 3.8) is 0 Å². The number of carbonyl (C=O) groups is 4. The van der Waals surface area contributed by atoms with Crippen molar-refractivity contribution in [2.75, 3.05) is 41.2 Å². The van der Waals surface area contributed by atoms with E-state index in [2.05, 4.69) is 26.8 Å². The molecule has 0 radical (unpaired) electrons. The zero-order valence-electron chi connectivity index (χ0n) is 56.0. The van der Waals surface area contributed by atoms with Crippen molar-refractivity contribution in [1.82, 2.24) is 0 Å². The number of carboxylic acids is 1. The van der Waals surface area contributed by atoms with Crippen LogP contribution in [0.5, 0.6) is 17.2 Å². The molecular formula is C67H98O29. The van der Waals surface area contributed by atoms with Crippen LogP contribution in [0.25, 0.3) is 6.08 Å². The van der Waals surface area contributed by atoms with Crippen molar-refractivity contribution >= 4 is 30.0 Å². The fourth-order valence-corrected chi connectivity index (χ4v) is 18.3. The number of rotatable bonds is 18. The fraction of sp³-hybridized carbons (Fsp3) is 0.791. The Bertz CT molecular complexity index is 3020. The fourth-order valence-electron chi connectivity index (χ4n) is 18.3. The van der Waals surface area contributed by atoms with E-state index in [0.717, 1.165) is 18.6 Å². The van der Waals surface area contributed by atoms with E-state index in [9.17, 15) is 75.7 Å². The Morgan fingerprint density at radius 2 is 1.26 bits per heavy atom. The standard InChI is InChI=1S/C67H98O29/c1-29-43(74)52(90-31(3)70)49(80)58(88-29)94-54-53(93-56-47(78)44(75)36(72)27-87-56)50(92-42(73)15-12-32-22-37(84-9)51(86-11)38(23-32)85-10)30(2)89-59(54)96-61(83)66-19-18-62(4,5)24-34(66)33-13-14-40-63(6)25-35(71)55(95-57-48(79)46(77)45(76)39(26-68)91-57)65(8,60(81)82)41(63)16-17-64(40,7)67(33,28-69)21-20-66/h12-13,15,22-23,29-30,34-36,39-41,43-50,52-59,68-69,71-72,74-80H,14,16-21,24-28H2,1-11H3,(H,81,82)/b15-12-/t29-,30+,34-,35-,36+,39+,40+,41+,43-,44-,45+,46-,47+,48+,49+,50-,52+,53-,54+,55-,56-,57-,58-,59-,63+,64+,65-,66-,67-/m0/s1. The van der Waals surface area contributed by atoms with Crippen LogP contribution in [0.15, 0.2) is 29.9 Å². The van der Waals surface area contributed by atoms with Crippen molar-refractivity contribution in [2.45, 2.75) is 242 Å². The molecular weight excluding hydrogens is 1270 g/mol. The summed E-state index contributed by atoms with van der Waals surface area (Å²) in [7, 11) is 4.25. The highest BCUT2D eigenvalue weighted by Gasteiger charge is 2.74. The normalized spacial score (nSPS) is 46.0. The van der Waals surface area contributed by atoms with Gasteiger partial charge in [-0.25, -0.2) is 4.79 Å². The van der Waals surface area contributed by atoms with Crippen molar-refractivity contribution in [1.29, 1.82) is 0 Å². The Kier molecular flexibility index (Phi) is 21.6. The van der Waals surface area contributed by atoms with Crippen LogP contribution in [0.4, 0.5) is 0 Å². The summed E-state index contributed by atoms with van der Waals surface area (Å²) in [5, 5.41) is 134. The molecule has 9 aliphatic rings. The Hall–Kier alpha value is -4.74. The van der Waals surface area contributed by atoms with Gasteiger partial charge in [0, 0.05) is 18.4 Å². The minimum atomic E-state index is -1.97. The van der Waals surface area contributed by atoms with Crippen molar-refractivity contribution in [2.24, 2.45) is 50.2 Å². The molecule has 4 saturated heterocycles. The predicted octanol–water partition coefficient (Wildman–Crippen LogP) is 0.528. The van der Waals surface area contributed by atoms with Gasteiger partial charge in [-0.15, -0.1) is 0 Å². The molecule has 4 aliphatic heterocycles. The van der Waals surface area contributed by atoms with E-state index in [1.54, 1.807) is 12.1 Å². The van der Waals surface area contributed by atoms with Crippen LogP contribution < -0.4 is 14.2 Å². The van der Waals surface area contributed by atoms with Gasteiger partial charge in [-0.05, 0) is 136 Å². The predicted molar refractivity (Wildman–Crippen MR) is 327 cm³/mol. The number of methoxy groups -OCH3 is 3. The van der Waals surface area contributed by atoms with E-state index in [0.29, 0.717) is 31.2 Å². The molecule has 1 aromatic carbocycles. The molecule has 29 atom stereocenters. The largest absolute Gasteiger partial charge is 0.493 e. The van der Waals surface area contributed by atoms with Gasteiger partial charge in [0.05, 0.1) is 70.3 Å². The molecule has 0 spiro atoms. The SMILES string of the molecule is COc1cc(/C=C\C(=O)O[C@@H]2[C@H](O[C@@H]3OC[C@@H](O)[C@H](O)[C@H]3O)[C@@H](O[C@@H]3O[C@@H](C)[C@H](O)[C@@H](OC(C)=O)[C@H]3O)[C@H](OC(=O)[C@]34CCC(C)(C)C[C@H]3C3=CC[C@@H]5[C@@]6(C)C[C@H](O)[C@H](O[C@@H]7O[C@H](CO)[C@@H](O)[C@H](O)[C@H]7O)[C@@](C)(C(=O)O)[C@@H]6CC[C@@]5(C)[C@]3(CO)CC4)O[C@@H]2C)cc(OC)c1OC. The number of aliphatic hydroxyl groups is 11. The molecule has 0 unspecified atom stereocenters. The van der Waals surface area contributed by atoms with E-state index in [1.165, 1.54) is 48.2 Å². The summed E-state index contributed by atoms with van der Waals surface area (Å²) in [5.74, 6) is -4.85. The molecule has 4 heterocycles. The third kappa shape index (κ3) is 12.7. The first-order chi connectivity index (χ1) is 45.1. The van der Waals surface area contributed by atoms with Crippen molar-refractivity contribution in [3.05, 3.63) is 35.4 Å². The molecule has 0 bridgehead atoms. The third-order valence-electron chi connectivity index (χ3n) is 23.6. The number of aliphatic carboxylic acids is 1. The number of hydrogen-bond acceptors (Lipinski definition) is 28. The highest BCUT2D eigenvalue weighted by Crippen LogP contribution is 2.76. The molecule has 96 heavy (non-hydrogen) atoms. The molecule has 5 aliphatic carbocycles. The first-order valence-corrected chi connectivity index (χ1v) is 33.1. The van der Waals surface area contributed by atoms with E-state index < -0.39 is 216 Å². The number of aliphatic hydroxyl groups excluding tert-OH is 11. The molecule has 29 nitrogen and oxygen atoms in total. The van der Waals surface area contributed by atoms with Crippen LogP contribution >= 0.6 is 0 Å². The molecule has 0 amide bonds. The maximum absolute atomic E-state index is 16.2. The summed E-state index contributed by atoms with van der Waals surface area (Å²) in [5.41, 5.74) is -5.22. The lowest BCUT2D eigenvalue weighted by Gasteiger charge is -2.71. The van der Waals surface area contributed by atoms with Crippen LogP contribution in [0.2, 0.25) is 0 Å². The highest BCUT2D eigenvalue weighted by molar-refractivity contribution is 5.87. The summed E-state index contributed by atoms with van der Waals surface area (Å²) in [6.07, 6.45) is -28.5. The van der Waals surface area contributed by atoms with E-state index in [4.69, 9.17) is 61.6 Å². The van der Waals surface area contributed by atoms with Crippen molar-refractivity contribution < 1.29 is 142 Å². The second kappa shape index (κ2) is 28.0. The van der Waals surface area contributed by atoms with E-state index >= 15 is 4.79 Å².